The van der Waals surface area contributed by atoms with Gasteiger partial charge in [0.05, 0.1) is 11.5 Å². The molecule has 0 amide bonds. The maximum absolute atomic E-state index is 10.8. The Morgan fingerprint density at radius 1 is 1.42 bits per heavy atom. The number of nitro groups is 1. The molecule has 1 aromatic rings. The van der Waals surface area contributed by atoms with Crippen molar-refractivity contribution in [3.63, 3.8) is 0 Å². The van der Waals surface area contributed by atoms with Crippen LogP contribution in [0.2, 0.25) is 0 Å². The Bertz CT molecular complexity index is 559. The van der Waals surface area contributed by atoms with Gasteiger partial charge in [-0.05, 0) is 37.7 Å². The molecule has 1 aliphatic rings. The average Bonchev–Trinajstić information content (AvgIpc) is 3.40. The topological polar surface area (TPSA) is 88.8 Å². The molecule has 0 bridgehead atoms. The largest absolute Gasteiger partial charge is 0.381 e. The molecule has 0 radical (unpaired) electrons. The second-order valence-corrected chi connectivity index (χ2v) is 5.92. The van der Waals surface area contributed by atoms with Crippen LogP contribution in [-0.4, -0.2) is 37.2 Å². The van der Waals surface area contributed by atoms with E-state index in [9.17, 15) is 10.1 Å². The van der Waals surface area contributed by atoms with E-state index in [1.807, 2.05) is 13.0 Å². The van der Waals surface area contributed by atoms with E-state index in [0.29, 0.717) is 12.5 Å². The van der Waals surface area contributed by atoms with Gasteiger partial charge in [-0.3, -0.25) is 10.1 Å². The van der Waals surface area contributed by atoms with E-state index in [0.717, 1.165) is 44.2 Å². The van der Waals surface area contributed by atoms with Crippen LogP contribution in [0.1, 0.15) is 31.7 Å². The quantitative estimate of drug-likeness (QED) is 0.226. The number of aliphatic imine (C=N–C) groups is 1. The maximum atomic E-state index is 10.8. The van der Waals surface area contributed by atoms with E-state index < -0.39 is 4.92 Å². The summed E-state index contributed by atoms with van der Waals surface area (Å²) in [7, 11) is 0. The van der Waals surface area contributed by atoms with Crippen molar-refractivity contribution < 1.29 is 9.66 Å². The number of hydrogen-bond donors (Lipinski definition) is 2. The molecule has 132 valence electrons. The molecule has 2 rings (SSSR count). The predicted octanol–water partition coefficient (Wildman–Crippen LogP) is 2.47. The lowest BCUT2D eigenvalue weighted by atomic mass is 10.2. The summed E-state index contributed by atoms with van der Waals surface area (Å²) in [6.45, 7) is 5.59. The van der Waals surface area contributed by atoms with Crippen LogP contribution in [0.15, 0.2) is 29.3 Å². The van der Waals surface area contributed by atoms with Crippen LogP contribution in [0.5, 0.6) is 0 Å². The van der Waals surface area contributed by atoms with Crippen molar-refractivity contribution in [1.82, 2.24) is 10.6 Å². The summed E-state index contributed by atoms with van der Waals surface area (Å²) >= 11 is 0. The molecular weight excluding hydrogens is 308 g/mol. The van der Waals surface area contributed by atoms with Gasteiger partial charge in [0.1, 0.15) is 0 Å². The van der Waals surface area contributed by atoms with Crippen LogP contribution in [0.25, 0.3) is 0 Å². The number of nitrogens with one attached hydrogen (secondary N) is 2. The Hall–Kier alpha value is -2.15. The predicted molar refractivity (Wildman–Crippen MR) is 94.1 cm³/mol. The molecule has 7 heteroatoms. The highest BCUT2D eigenvalue weighted by atomic mass is 16.6. The lowest BCUT2D eigenvalue weighted by Gasteiger charge is -2.11. The molecule has 1 aliphatic carbocycles. The zero-order valence-corrected chi connectivity index (χ0v) is 14.2. The molecule has 0 saturated heterocycles. The zero-order valence-electron chi connectivity index (χ0n) is 14.2. The van der Waals surface area contributed by atoms with Gasteiger partial charge in [0.15, 0.2) is 5.96 Å². The summed E-state index contributed by atoms with van der Waals surface area (Å²) in [5.74, 6) is 1.51. The van der Waals surface area contributed by atoms with Crippen molar-refractivity contribution in [2.75, 3.05) is 26.3 Å². The fourth-order valence-electron chi connectivity index (χ4n) is 2.20. The maximum Gasteiger partial charge on any atom is 0.269 e. The summed E-state index contributed by atoms with van der Waals surface area (Å²) in [6, 6.07) is 6.56. The zero-order chi connectivity index (χ0) is 17.2. The van der Waals surface area contributed by atoms with Crippen LogP contribution in [-0.2, 0) is 11.3 Å². The highest BCUT2D eigenvalue weighted by Crippen LogP contribution is 2.28. The molecular formula is C17H26N4O3. The Kier molecular flexibility index (Phi) is 7.48. The first-order valence-corrected chi connectivity index (χ1v) is 8.52. The number of rotatable bonds is 10. The van der Waals surface area contributed by atoms with Crippen molar-refractivity contribution in [3.05, 3.63) is 39.9 Å². The molecule has 0 aromatic heterocycles. The van der Waals surface area contributed by atoms with Gasteiger partial charge < -0.3 is 15.4 Å². The molecule has 0 unspecified atom stereocenters. The van der Waals surface area contributed by atoms with Gasteiger partial charge >= 0.3 is 0 Å². The summed E-state index contributed by atoms with van der Waals surface area (Å²) in [5.41, 5.74) is 0.905. The minimum atomic E-state index is -0.391. The molecule has 7 nitrogen and oxygen atoms in total. The summed E-state index contributed by atoms with van der Waals surface area (Å²) in [4.78, 5) is 14.9. The van der Waals surface area contributed by atoms with Gasteiger partial charge in [-0.15, -0.1) is 0 Å². The number of benzene rings is 1. The Balaban J connectivity index is 1.74. The minimum absolute atomic E-state index is 0.0912. The number of guanidine groups is 1. The number of ether oxygens (including phenoxy) is 1. The van der Waals surface area contributed by atoms with Crippen molar-refractivity contribution in [3.8, 4) is 0 Å². The fourth-order valence-corrected chi connectivity index (χ4v) is 2.20. The molecule has 1 saturated carbocycles. The van der Waals surface area contributed by atoms with Crippen molar-refractivity contribution in [2.45, 2.75) is 32.7 Å². The summed E-state index contributed by atoms with van der Waals surface area (Å²) in [5, 5.41) is 17.2. The van der Waals surface area contributed by atoms with Gasteiger partial charge in [0.2, 0.25) is 0 Å². The number of non-ortho nitro benzene ring substituents is 1. The summed E-state index contributed by atoms with van der Waals surface area (Å²) < 4.78 is 5.60. The van der Waals surface area contributed by atoms with Crippen molar-refractivity contribution >= 4 is 11.6 Å². The molecule has 0 atom stereocenters. The van der Waals surface area contributed by atoms with E-state index in [1.165, 1.54) is 18.9 Å². The molecule has 0 heterocycles. The first kappa shape index (κ1) is 18.2. The smallest absolute Gasteiger partial charge is 0.269 e. The first-order valence-electron chi connectivity index (χ1n) is 8.52. The molecule has 0 aliphatic heterocycles. The van der Waals surface area contributed by atoms with E-state index in [4.69, 9.17) is 4.74 Å². The van der Waals surface area contributed by atoms with Crippen LogP contribution < -0.4 is 10.6 Å². The lowest BCUT2D eigenvalue weighted by molar-refractivity contribution is -0.384. The minimum Gasteiger partial charge on any atom is -0.381 e. The Morgan fingerprint density at radius 3 is 2.96 bits per heavy atom. The number of hydrogen-bond acceptors (Lipinski definition) is 4. The van der Waals surface area contributed by atoms with Crippen LogP contribution in [0.4, 0.5) is 5.69 Å². The average molecular weight is 334 g/mol. The number of nitro benzene ring substituents is 1. The Labute approximate surface area is 142 Å². The van der Waals surface area contributed by atoms with Gasteiger partial charge in [0, 0.05) is 38.4 Å². The first-order chi connectivity index (χ1) is 11.7. The molecule has 1 aromatic carbocycles. The highest BCUT2D eigenvalue weighted by molar-refractivity contribution is 5.79. The van der Waals surface area contributed by atoms with Crippen LogP contribution in [0.3, 0.4) is 0 Å². The van der Waals surface area contributed by atoms with Gasteiger partial charge in [0.25, 0.3) is 5.69 Å². The second-order valence-electron chi connectivity index (χ2n) is 5.92. The van der Waals surface area contributed by atoms with E-state index >= 15 is 0 Å². The third-order valence-corrected chi connectivity index (χ3v) is 3.69. The van der Waals surface area contributed by atoms with E-state index in [1.54, 1.807) is 12.1 Å². The monoisotopic (exact) mass is 334 g/mol. The third-order valence-electron chi connectivity index (χ3n) is 3.69. The van der Waals surface area contributed by atoms with Crippen molar-refractivity contribution in [1.29, 1.82) is 0 Å². The molecule has 0 spiro atoms. The van der Waals surface area contributed by atoms with Gasteiger partial charge in [-0.2, -0.15) is 0 Å². The Morgan fingerprint density at radius 2 is 2.25 bits per heavy atom. The van der Waals surface area contributed by atoms with Gasteiger partial charge in [-0.1, -0.05) is 12.1 Å². The lowest BCUT2D eigenvalue weighted by Crippen LogP contribution is -2.38. The fraction of sp³-hybridized carbons (Fsp3) is 0.588. The molecule has 24 heavy (non-hydrogen) atoms. The van der Waals surface area contributed by atoms with E-state index in [2.05, 4.69) is 15.6 Å². The summed E-state index contributed by atoms with van der Waals surface area (Å²) in [6.07, 6.45) is 3.55. The molecule has 1 fully saturated rings. The third kappa shape index (κ3) is 6.95. The highest BCUT2D eigenvalue weighted by Gasteiger charge is 2.20. The van der Waals surface area contributed by atoms with Crippen molar-refractivity contribution in [2.24, 2.45) is 10.9 Å². The van der Waals surface area contributed by atoms with E-state index in [-0.39, 0.29) is 5.69 Å². The second kappa shape index (κ2) is 9.87. The number of nitrogens with zero attached hydrogens (tertiary/aromatic N) is 2. The van der Waals surface area contributed by atoms with Crippen LogP contribution >= 0.6 is 0 Å². The molecule has 2 N–H and O–H groups in total. The SMILES string of the molecule is CCNC(=NCc1cccc([N+](=O)[O-])c1)NCCCOCC1CC1. The standard InChI is InChI=1S/C17H26N4O3/c1-2-18-17(19-9-4-10-24-13-14-7-8-14)20-12-15-5-3-6-16(11-15)21(22)23/h3,5-6,11,14H,2,4,7-10,12-13H2,1H3,(H2,18,19,20). The normalized spacial score (nSPS) is 14.5. The van der Waals surface area contributed by atoms with Gasteiger partial charge in [-0.25, -0.2) is 4.99 Å². The van der Waals surface area contributed by atoms with Crippen LogP contribution in [0, 0.1) is 16.0 Å².